The molecule has 0 saturated carbocycles. The van der Waals surface area contributed by atoms with Gasteiger partial charge in [-0.2, -0.15) is 5.10 Å². The summed E-state index contributed by atoms with van der Waals surface area (Å²) in [5.74, 6) is 0.755. The number of aliphatic hydroxyl groups is 1. The van der Waals surface area contributed by atoms with E-state index in [1.54, 1.807) is 10.9 Å². The standard InChI is InChI=1S/C12H16N4O/c1-3-9-5-4-6-13-12(9)10(17)7-11-14-8-15-16(11)2/h4-6,8,10,17H,3,7H2,1-2H3. The average Bonchev–Trinajstić information content (AvgIpc) is 2.75. The van der Waals surface area contributed by atoms with Gasteiger partial charge in [0, 0.05) is 19.7 Å². The molecule has 0 radical (unpaired) electrons. The highest BCUT2D eigenvalue weighted by Gasteiger charge is 2.15. The van der Waals surface area contributed by atoms with Crippen LogP contribution in [-0.2, 0) is 19.9 Å². The Labute approximate surface area is 100 Å². The highest BCUT2D eigenvalue weighted by Crippen LogP contribution is 2.18. The Balaban J connectivity index is 2.20. The molecule has 90 valence electrons. The van der Waals surface area contributed by atoms with Gasteiger partial charge in [-0.15, -0.1) is 0 Å². The number of nitrogens with zero attached hydrogens (tertiary/aromatic N) is 4. The molecule has 0 aliphatic rings. The van der Waals surface area contributed by atoms with Crippen molar-refractivity contribution in [1.29, 1.82) is 0 Å². The van der Waals surface area contributed by atoms with Gasteiger partial charge in [-0.3, -0.25) is 9.67 Å². The molecule has 17 heavy (non-hydrogen) atoms. The van der Waals surface area contributed by atoms with Crippen molar-refractivity contribution in [1.82, 2.24) is 19.7 Å². The second-order valence-corrected chi connectivity index (χ2v) is 3.92. The number of pyridine rings is 1. The lowest BCUT2D eigenvalue weighted by molar-refractivity contribution is 0.168. The van der Waals surface area contributed by atoms with Crippen LogP contribution in [0.3, 0.4) is 0 Å². The van der Waals surface area contributed by atoms with Crippen molar-refractivity contribution < 1.29 is 5.11 Å². The summed E-state index contributed by atoms with van der Waals surface area (Å²) in [7, 11) is 1.81. The Morgan fingerprint density at radius 3 is 2.88 bits per heavy atom. The quantitative estimate of drug-likeness (QED) is 0.855. The molecule has 0 saturated heterocycles. The van der Waals surface area contributed by atoms with Crippen LogP contribution in [0.25, 0.3) is 0 Å². The third-order valence-electron chi connectivity index (χ3n) is 2.80. The van der Waals surface area contributed by atoms with Crippen molar-refractivity contribution in [3.05, 3.63) is 41.7 Å². The van der Waals surface area contributed by atoms with Crippen LogP contribution < -0.4 is 0 Å². The van der Waals surface area contributed by atoms with E-state index >= 15 is 0 Å². The van der Waals surface area contributed by atoms with Gasteiger partial charge in [0.2, 0.25) is 0 Å². The van der Waals surface area contributed by atoms with Crippen LogP contribution in [0.15, 0.2) is 24.7 Å². The Hall–Kier alpha value is -1.75. The van der Waals surface area contributed by atoms with E-state index in [0.717, 1.165) is 23.5 Å². The molecule has 0 aliphatic heterocycles. The zero-order valence-electron chi connectivity index (χ0n) is 10.0. The number of hydrogen-bond donors (Lipinski definition) is 1. The van der Waals surface area contributed by atoms with Crippen molar-refractivity contribution in [2.75, 3.05) is 0 Å². The molecule has 5 heteroatoms. The number of rotatable bonds is 4. The molecular formula is C12H16N4O. The maximum atomic E-state index is 10.2. The number of aromatic nitrogens is 4. The molecule has 1 N–H and O–H groups in total. The fraction of sp³-hybridized carbons (Fsp3) is 0.417. The Morgan fingerprint density at radius 1 is 1.41 bits per heavy atom. The topological polar surface area (TPSA) is 63.8 Å². The van der Waals surface area contributed by atoms with Crippen molar-refractivity contribution in [2.24, 2.45) is 7.05 Å². The predicted molar refractivity (Wildman–Crippen MR) is 63.3 cm³/mol. The number of aliphatic hydroxyl groups excluding tert-OH is 1. The first-order valence-electron chi connectivity index (χ1n) is 5.67. The molecule has 1 atom stereocenters. The molecule has 0 aliphatic carbocycles. The Kier molecular flexibility index (Phi) is 3.49. The first kappa shape index (κ1) is 11.7. The van der Waals surface area contributed by atoms with Gasteiger partial charge >= 0.3 is 0 Å². The van der Waals surface area contributed by atoms with Gasteiger partial charge in [-0.25, -0.2) is 4.98 Å². The minimum absolute atomic E-state index is 0.431. The van der Waals surface area contributed by atoms with Gasteiger partial charge in [0.25, 0.3) is 0 Å². The molecule has 0 spiro atoms. The van der Waals surface area contributed by atoms with Crippen LogP contribution in [0.4, 0.5) is 0 Å². The number of aryl methyl sites for hydroxylation is 2. The smallest absolute Gasteiger partial charge is 0.138 e. The first-order chi connectivity index (χ1) is 8.22. The summed E-state index contributed by atoms with van der Waals surface area (Å²) in [6.07, 6.45) is 3.85. The highest BCUT2D eigenvalue weighted by molar-refractivity contribution is 5.22. The third-order valence-corrected chi connectivity index (χ3v) is 2.80. The van der Waals surface area contributed by atoms with E-state index in [1.807, 2.05) is 19.2 Å². The Bertz CT molecular complexity index is 495. The van der Waals surface area contributed by atoms with Gasteiger partial charge < -0.3 is 5.11 Å². The van der Waals surface area contributed by atoms with Crippen LogP contribution in [0, 0.1) is 0 Å². The molecule has 2 rings (SSSR count). The van der Waals surface area contributed by atoms with Crippen molar-refractivity contribution in [3.63, 3.8) is 0 Å². The van der Waals surface area contributed by atoms with Crippen molar-refractivity contribution in [2.45, 2.75) is 25.9 Å². The first-order valence-corrected chi connectivity index (χ1v) is 5.67. The normalized spacial score (nSPS) is 12.6. The zero-order valence-corrected chi connectivity index (χ0v) is 10.0. The number of hydrogen-bond acceptors (Lipinski definition) is 4. The molecule has 2 aromatic heterocycles. The molecule has 2 aromatic rings. The highest BCUT2D eigenvalue weighted by atomic mass is 16.3. The molecule has 0 amide bonds. The third kappa shape index (κ3) is 2.50. The summed E-state index contributed by atoms with van der Waals surface area (Å²) >= 11 is 0. The van der Waals surface area contributed by atoms with Gasteiger partial charge in [-0.1, -0.05) is 13.0 Å². The lowest BCUT2D eigenvalue weighted by Crippen LogP contribution is -2.11. The van der Waals surface area contributed by atoms with Crippen LogP contribution in [0.1, 0.15) is 30.1 Å². The fourth-order valence-electron chi connectivity index (χ4n) is 1.82. The minimum Gasteiger partial charge on any atom is -0.386 e. The minimum atomic E-state index is -0.631. The van der Waals surface area contributed by atoms with Crippen LogP contribution >= 0.6 is 0 Å². The van der Waals surface area contributed by atoms with Gasteiger partial charge in [0.15, 0.2) is 0 Å². The summed E-state index contributed by atoms with van der Waals surface area (Å²) in [5, 5.41) is 14.2. The van der Waals surface area contributed by atoms with Crippen LogP contribution in [0.5, 0.6) is 0 Å². The van der Waals surface area contributed by atoms with E-state index in [2.05, 4.69) is 22.0 Å². The molecule has 1 unspecified atom stereocenters. The van der Waals surface area contributed by atoms with Gasteiger partial charge in [0.05, 0.1) is 5.69 Å². The van der Waals surface area contributed by atoms with E-state index in [1.165, 1.54) is 6.33 Å². The monoisotopic (exact) mass is 232 g/mol. The van der Waals surface area contributed by atoms with Crippen molar-refractivity contribution in [3.8, 4) is 0 Å². The van der Waals surface area contributed by atoms with E-state index < -0.39 is 6.10 Å². The van der Waals surface area contributed by atoms with E-state index in [4.69, 9.17) is 0 Å². The largest absolute Gasteiger partial charge is 0.386 e. The lowest BCUT2D eigenvalue weighted by Gasteiger charge is -2.12. The summed E-state index contributed by atoms with van der Waals surface area (Å²) in [5.41, 5.74) is 1.81. The van der Waals surface area contributed by atoms with Gasteiger partial charge in [0.1, 0.15) is 18.3 Å². The predicted octanol–water partition coefficient (Wildman–Crippen LogP) is 1.05. The van der Waals surface area contributed by atoms with Crippen LogP contribution in [0.2, 0.25) is 0 Å². The zero-order chi connectivity index (χ0) is 12.3. The Morgan fingerprint density at radius 2 is 2.24 bits per heavy atom. The van der Waals surface area contributed by atoms with Gasteiger partial charge in [-0.05, 0) is 18.1 Å². The summed E-state index contributed by atoms with van der Waals surface area (Å²) < 4.78 is 1.66. The molecule has 5 nitrogen and oxygen atoms in total. The summed E-state index contributed by atoms with van der Waals surface area (Å²) in [6.45, 7) is 2.05. The molecule has 0 fully saturated rings. The second kappa shape index (κ2) is 5.05. The maximum Gasteiger partial charge on any atom is 0.138 e. The second-order valence-electron chi connectivity index (χ2n) is 3.92. The van der Waals surface area contributed by atoms with E-state index in [-0.39, 0.29) is 0 Å². The summed E-state index contributed by atoms with van der Waals surface area (Å²) in [4.78, 5) is 8.35. The molecule has 0 aromatic carbocycles. The van der Waals surface area contributed by atoms with E-state index in [9.17, 15) is 5.11 Å². The lowest BCUT2D eigenvalue weighted by atomic mass is 10.0. The molecule has 2 heterocycles. The van der Waals surface area contributed by atoms with Crippen molar-refractivity contribution >= 4 is 0 Å². The van der Waals surface area contributed by atoms with E-state index in [0.29, 0.717) is 6.42 Å². The molecule has 0 bridgehead atoms. The summed E-state index contributed by atoms with van der Waals surface area (Å²) in [6, 6.07) is 3.87. The maximum absolute atomic E-state index is 10.2. The fourth-order valence-corrected chi connectivity index (χ4v) is 1.82. The SMILES string of the molecule is CCc1cccnc1C(O)Cc1ncnn1C. The average molecular weight is 232 g/mol. The van der Waals surface area contributed by atoms with Crippen LogP contribution in [-0.4, -0.2) is 24.9 Å². The molecular weight excluding hydrogens is 216 g/mol.